The van der Waals surface area contributed by atoms with Crippen LogP contribution in [0.2, 0.25) is 0 Å². The van der Waals surface area contributed by atoms with E-state index in [9.17, 15) is 4.79 Å². The molecule has 0 saturated carbocycles. The molecule has 0 aliphatic carbocycles. The summed E-state index contributed by atoms with van der Waals surface area (Å²) in [5.41, 5.74) is -1.67. The Morgan fingerprint density at radius 3 is 1.80 bits per heavy atom. The maximum Gasteiger partial charge on any atom is 0.339 e. The summed E-state index contributed by atoms with van der Waals surface area (Å²) < 4.78 is 0. The van der Waals surface area contributed by atoms with E-state index in [0.29, 0.717) is 12.8 Å². The molecule has 0 aromatic rings. The third-order valence-corrected chi connectivity index (χ3v) is 2.81. The number of hydrogen-bond acceptors (Lipinski definition) is 3. The largest absolute Gasteiger partial charge is 0.479 e. The quantitative estimate of drug-likeness (QED) is 0.527. The molecular weight excluding hydrogens is 196 g/mol. The highest BCUT2D eigenvalue weighted by atomic mass is 17.2. The average molecular weight is 218 g/mol. The van der Waals surface area contributed by atoms with Crippen molar-refractivity contribution < 1.29 is 19.7 Å². The van der Waals surface area contributed by atoms with E-state index in [-0.39, 0.29) is 0 Å². The maximum atomic E-state index is 11.1. The number of carboxylic acids is 1. The topological polar surface area (TPSA) is 55.8 Å². The Balaban J connectivity index is 4.50. The molecular formula is C11H22O4. The molecule has 0 unspecified atom stereocenters. The van der Waals surface area contributed by atoms with Gasteiger partial charge in [-0.1, -0.05) is 20.8 Å². The van der Waals surface area contributed by atoms with Crippen molar-refractivity contribution in [3.8, 4) is 0 Å². The molecule has 4 nitrogen and oxygen atoms in total. The van der Waals surface area contributed by atoms with Crippen LogP contribution in [0, 0.1) is 0 Å². The summed E-state index contributed by atoms with van der Waals surface area (Å²) in [6, 6.07) is 0. The molecule has 0 aliphatic rings. The van der Waals surface area contributed by atoms with Crippen LogP contribution in [0.4, 0.5) is 0 Å². The van der Waals surface area contributed by atoms with E-state index in [2.05, 4.69) is 0 Å². The second-order valence-electron chi connectivity index (χ2n) is 4.29. The fourth-order valence-electron chi connectivity index (χ4n) is 0.957. The highest BCUT2D eigenvalue weighted by molar-refractivity contribution is 5.77. The van der Waals surface area contributed by atoms with E-state index < -0.39 is 17.2 Å². The van der Waals surface area contributed by atoms with Gasteiger partial charge < -0.3 is 5.11 Å². The number of carbonyl (C=O) groups is 1. The van der Waals surface area contributed by atoms with Gasteiger partial charge in [0, 0.05) is 0 Å². The number of rotatable bonds is 7. The van der Waals surface area contributed by atoms with Crippen molar-refractivity contribution in [2.75, 3.05) is 0 Å². The van der Waals surface area contributed by atoms with E-state index in [4.69, 9.17) is 14.9 Å². The molecule has 90 valence electrons. The number of hydrogen-bond donors (Lipinski definition) is 1. The van der Waals surface area contributed by atoms with Crippen LogP contribution in [0.3, 0.4) is 0 Å². The zero-order valence-corrected chi connectivity index (χ0v) is 10.3. The molecule has 0 bridgehead atoms. The summed E-state index contributed by atoms with van der Waals surface area (Å²) in [6.45, 7) is 9.25. The Morgan fingerprint density at radius 2 is 1.53 bits per heavy atom. The van der Waals surface area contributed by atoms with E-state index >= 15 is 0 Å². The second kappa shape index (κ2) is 5.47. The van der Waals surface area contributed by atoms with Crippen LogP contribution in [0.5, 0.6) is 0 Å². The van der Waals surface area contributed by atoms with Gasteiger partial charge in [-0.3, -0.25) is 0 Å². The Morgan fingerprint density at radius 1 is 1.07 bits per heavy atom. The molecule has 0 radical (unpaired) electrons. The first-order valence-electron chi connectivity index (χ1n) is 5.43. The van der Waals surface area contributed by atoms with E-state index in [1.807, 2.05) is 20.8 Å². The van der Waals surface area contributed by atoms with Crippen molar-refractivity contribution in [1.82, 2.24) is 0 Å². The van der Waals surface area contributed by atoms with Gasteiger partial charge in [0.15, 0.2) is 5.60 Å². The van der Waals surface area contributed by atoms with E-state index in [0.717, 1.165) is 6.42 Å². The molecule has 4 heteroatoms. The van der Waals surface area contributed by atoms with Crippen molar-refractivity contribution in [1.29, 1.82) is 0 Å². The third-order valence-electron chi connectivity index (χ3n) is 2.81. The van der Waals surface area contributed by atoms with Gasteiger partial charge in [0.05, 0.1) is 5.60 Å². The molecule has 0 saturated heterocycles. The van der Waals surface area contributed by atoms with E-state index in [1.54, 1.807) is 13.8 Å². The number of carboxylic acid groups (broad SMARTS) is 1. The van der Waals surface area contributed by atoms with Gasteiger partial charge in [-0.2, -0.15) is 0 Å². The van der Waals surface area contributed by atoms with Crippen LogP contribution < -0.4 is 0 Å². The van der Waals surface area contributed by atoms with Crippen LogP contribution in [0.1, 0.15) is 53.9 Å². The lowest BCUT2D eigenvalue weighted by Gasteiger charge is -2.30. The molecule has 0 amide bonds. The summed E-state index contributed by atoms with van der Waals surface area (Å²) in [5.74, 6) is -0.973. The molecule has 15 heavy (non-hydrogen) atoms. The van der Waals surface area contributed by atoms with Crippen molar-refractivity contribution in [3.05, 3.63) is 0 Å². The molecule has 0 spiro atoms. The van der Waals surface area contributed by atoms with Gasteiger partial charge in [0.1, 0.15) is 0 Å². The predicted octanol–water partition coefficient (Wildman–Crippen LogP) is 2.77. The van der Waals surface area contributed by atoms with Crippen LogP contribution in [-0.2, 0) is 14.6 Å². The summed E-state index contributed by atoms with van der Waals surface area (Å²) in [4.78, 5) is 21.4. The van der Waals surface area contributed by atoms with Crippen molar-refractivity contribution in [2.24, 2.45) is 0 Å². The van der Waals surface area contributed by atoms with Crippen LogP contribution in [0.25, 0.3) is 0 Å². The Hall–Kier alpha value is -0.610. The summed E-state index contributed by atoms with van der Waals surface area (Å²) in [5, 5.41) is 9.09. The summed E-state index contributed by atoms with van der Waals surface area (Å²) >= 11 is 0. The summed E-state index contributed by atoms with van der Waals surface area (Å²) in [6.07, 6.45) is 1.54. The first-order chi connectivity index (χ1) is 6.83. The van der Waals surface area contributed by atoms with Crippen molar-refractivity contribution in [3.63, 3.8) is 0 Å². The lowest BCUT2D eigenvalue weighted by atomic mass is 9.98. The van der Waals surface area contributed by atoms with Gasteiger partial charge >= 0.3 is 5.97 Å². The highest BCUT2D eigenvalue weighted by Gasteiger charge is 2.39. The van der Waals surface area contributed by atoms with Gasteiger partial charge in [0.2, 0.25) is 0 Å². The van der Waals surface area contributed by atoms with Crippen LogP contribution in [0.15, 0.2) is 0 Å². The SMILES string of the molecule is CCC(C)(C)OOC(CC)(CC)C(=O)O. The third kappa shape index (κ3) is 3.80. The van der Waals surface area contributed by atoms with Crippen LogP contribution >= 0.6 is 0 Å². The van der Waals surface area contributed by atoms with Gasteiger partial charge in [-0.25, -0.2) is 14.6 Å². The maximum absolute atomic E-state index is 11.1. The van der Waals surface area contributed by atoms with Gasteiger partial charge in [0.25, 0.3) is 0 Å². The first-order valence-corrected chi connectivity index (χ1v) is 5.43. The van der Waals surface area contributed by atoms with Gasteiger partial charge in [-0.15, -0.1) is 0 Å². The average Bonchev–Trinajstić information content (AvgIpc) is 2.20. The smallest absolute Gasteiger partial charge is 0.339 e. The number of aliphatic carboxylic acids is 1. The van der Waals surface area contributed by atoms with Crippen molar-refractivity contribution in [2.45, 2.75) is 65.1 Å². The predicted molar refractivity (Wildman–Crippen MR) is 57.5 cm³/mol. The zero-order valence-electron chi connectivity index (χ0n) is 10.3. The minimum Gasteiger partial charge on any atom is -0.479 e. The monoisotopic (exact) mass is 218 g/mol. The lowest BCUT2D eigenvalue weighted by Crippen LogP contribution is -2.43. The Kier molecular flexibility index (Phi) is 5.24. The van der Waals surface area contributed by atoms with E-state index in [1.165, 1.54) is 0 Å². The fraction of sp³-hybridized carbons (Fsp3) is 0.909. The normalized spacial score (nSPS) is 12.9. The molecule has 0 atom stereocenters. The fourth-order valence-corrected chi connectivity index (χ4v) is 0.957. The standard InChI is InChI=1S/C11H22O4/c1-6-10(4,5)14-15-11(7-2,8-3)9(12)13/h6-8H2,1-5H3,(H,12,13). The molecule has 0 rings (SSSR count). The minimum absolute atomic E-state index is 0.388. The summed E-state index contributed by atoms with van der Waals surface area (Å²) in [7, 11) is 0. The van der Waals surface area contributed by atoms with Crippen molar-refractivity contribution >= 4 is 5.97 Å². The zero-order chi connectivity index (χ0) is 12.1. The Labute approximate surface area is 91.5 Å². The van der Waals surface area contributed by atoms with Gasteiger partial charge in [-0.05, 0) is 33.1 Å². The molecule has 0 aromatic carbocycles. The molecule has 1 N–H and O–H groups in total. The first kappa shape index (κ1) is 14.4. The molecule has 0 fully saturated rings. The highest BCUT2D eigenvalue weighted by Crippen LogP contribution is 2.25. The van der Waals surface area contributed by atoms with Crippen LogP contribution in [-0.4, -0.2) is 22.3 Å². The Bertz CT molecular complexity index is 207. The minimum atomic E-state index is -1.22. The molecule has 0 aliphatic heterocycles. The molecule has 0 heterocycles. The lowest BCUT2D eigenvalue weighted by molar-refractivity contribution is -0.401. The molecule has 0 aromatic heterocycles. The second-order valence-corrected chi connectivity index (χ2v) is 4.29.